The molecule has 7 rings (SSSR count). The Morgan fingerprint density at radius 2 is 1.57 bits per heavy atom. The number of hydrogen-bond donors (Lipinski definition) is 6. The first-order valence-electron chi connectivity index (χ1n) is 17.2. The third kappa shape index (κ3) is 3.81. The van der Waals surface area contributed by atoms with Crippen molar-refractivity contribution < 1.29 is 44.8 Å². The average Bonchev–Trinajstić information content (AvgIpc) is 3.58. The number of hydrogen-bond acceptors (Lipinski definition) is 9. The first-order chi connectivity index (χ1) is 20.4. The zero-order valence-corrected chi connectivity index (χ0v) is 27.6. The molecular formula is C35H56O9. The normalized spacial score (nSPS) is 55.1. The standard InChI is InChI=1S/C35H56O9/c1-17-14-19(27(39)31(4,5)41)43-26-23(17)32(6)12-13-35-16-34(35)11-10-22(44-29-25(38)24(37)18(36)15-42-29)30(2,3)20(34)8-9-21(35)33(32,7)28(26)40/h17-22,24-25,27-29,36-41H,8-16H2,1-7H3/t17-,18-,19-,20+,21+,22+,24+,25-,27+,28+,29+,32-,33-,34-,35?/m1/s1. The van der Waals surface area contributed by atoms with Gasteiger partial charge in [0.05, 0.1) is 18.3 Å². The van der Waals surface area contributed by atoms with E-state index < -0.39 is 48.5 Å². The highest BCUT2D eigenvalue weighted by atomic mass is 16.7. The molecule has 0 aromatic carbocycles. The van der Waals surface area contributed by atoms with Gasteiger partial charge < -0.3 is 44.8 Å². The Morgan fingerprint density at radius 1 is 0.909 bits per heavy atom. The predicted molar refractivity (Wildman–Crippen MR) is 161 cm³/mol. The van der Waals surface area contributed by atoms with Crippen LogP contribution in [-0.4, -0.2) is 91.9 Å². The summed E-state index contributed by atoms with van der Waals surface area (Å²) >= 11 is 0. The Bertz CT molecular complexity index is 1210. The summed E-state index contributed by atoms with van der Waals surface area (Å²) in [7, 11) is 0. The molecule has 6 N–H and O–H groups in total. The third-order valence-electron chi connectivity index (χ3n) is 15.0. The van der Waals surface area contributed by atoms with Crippen molar-refractivity contribution >= 4 is 0 Å². The van der Waals surface area contributed by atoms with E-state index in [9.17, 15) is 30.6 Å². The van der Waals surface area contributed by atoms with E-state index in [2.05, 4.69) is 34.6 Å². The Balaban J connectivity index is 1.15. The van der Waals surface area contributed by atoms with Gasteiger partial charge in [0.25, 0.3) is 0 Å². The molecule has 0 aromatic heterocycles. The number of rotatable bonds is 4. The van der Waals surface area contributed by atoms with E-state index in [1.807, 2.05) is 0 Å². The van der Waals surface area contributed by atoms with Gasteiger partial charge in [-0.25, -0.2) is 0 Å². The zero-order valence-electron chi connectivity index (χ0n) is 27.6. The van der Waals surface area contributed by atoms with Gasteiger partial charge in [-0.05, 0) is 105 Å². The summed E-state index contributed by atoms with van der Waals surface area (Å²) in [5.74, 6) is 1.57. The summed E-state index contributed by atoms with van der Waals surface area (Å²) in [5, 5.41) is 64.6. The molecule has 2 aliphatic heterocycles. The SMILES string of the molecule is C[C@@H]1C[C@H]([C@H](O)C(C)(C)O)OC2=C1[C@@]1(C)CCC34C[C@@]35CC[C@H](O[C@@H]3OC[C@@H](O)[C@H](O)[C@H]3O)C(C)(C)[C@@H]5CC[C@H]4[C@]1(C)[C@H]2O. The van der Waals surface area contributed by atoms with Crippen molar-refractivity contribution in [3.8, 4) is 0 Å². The minimum Gasteiger partial charge on any atom is -0.489 e. The maximum absolute atomic E-state index is 12.3. The average molecular weight is 621 g/mol. The molecule has 0 amide bonds. The van der Waals surface area contributed by atoms with Gasteiger partial charge in [-0.2, -0.15) is 0 Å². The van der Waals surface area contributed by atoms with Crippen molar-refractivity contribution in [3.63, 3.8) is 0 Å². The van der Waals surface area contributed by atoms with Crippen LogP contribution in [0.2, 0.25) is 0 Å². The molecule has 2 heterocycles. The Hall–Kier alpha value is -0.780. The fourth-order valence-electron chi connectivity index (χ4n) is 12.6. The van der Waals surface area contributed by atoms with Crippen LogP contribution in [0.5, 0.6) is 0 Å². The van der Waals surface area contributed by atoms with Crippen molar-refractivity contribution in [2.24, 2.45) is 44.8 Å². The molecule has 9 nitrogen and oxygen atoms in total. The molecule has 9 heteroatoms. The Kier molecular flexibility index (Phi) is 6.97. The highest BCUT2D eigenvalue weighted by Gasteiger charge is 2.83. The van der Waals surface area contributed by atoms with Gasteiger partial charge >= 0.3 is 0 Å². The van der Waals surface area contributed by atoms with Gasteiger partial charge in [0.15, 0.2) is 6.29 Å². The fourth-order valence-corrected chi connectivity index (χ4v) is 12.6. The van der Waals surface area contributed by atoms with Gasteiger partial charge in [-0.3, -0.25) is 0 Å². The van der Waals surface area contributed by atoms with Gasteiger partial charge in [-0.15, -0.1) is 0 Å². The summed E-state index contributed by atoms with van der Waals surface area (Å²) in [6.07, 6.45) is 0.672. The van der Waals surface area contributed by atoms with E-state index in [-0.39, 0.29) is 45.7 Å². The molecular weight excluding hydrogens is 564 g/mol. The van der Waals surface area contributed by atoms with Crippen LogP contribution in [0, 0.1) is 44.8 Å². The summed E-state index contributed by atoms with van der Waals surface area (Å²) < 4.78 is 18.6. The van der Waals surface area contributed by atoms with Gasteiger partial charge in [0.2, 0.25) is 0 Å². The summed E-state index contributed by atoms with van der Waals surface area (Å²) in [4.78, 5) is 0. The van der Waals surface area contributed by atoms with Crippen LogP contribution < -0.4 is 0 Å². The lowest BCUT2D eigenvalue weighted by Crippen LogP contribution is -2.61. The van der Waals surface area contributed by atoms with Crippen LogP contribution in [-0.2, 0) is 14.2 Å². The van der Waals surface area contributed by atoms with Gasteiger partial charge in [0.1, 0.15) is 42.4 Å². The highest BCUT2D eigenvalue weighted by Crippen LogP contribution is 2.89. The lowest BCUT2D eigenvalue weighted by atomic mass is 9.41. The van der Waals surface area contributed by atoms with Crippen LogP contribution in [0.15, 0.2) is 11.3 Å². The molecule has 0 bridgehead atoms. The van der Waals surface area contributed by atoms with E-state index >= 15 is 0 Å². The number of aliphatic hydroxyl groups is 6. The van der Waals surface area contributed by atoms with Crippen LogP contribution in [0.3, 0.4) is 0 Å². The highest BCUT2D eigenvalue weighted by molar-refractivity contribution is 5.43. The minimum atomic E-state index is -1.30. The molecule has 250 valence electrons. The van der Waals surface area contributed by atoms with Crippen molar-refractivity contribution in [2.75, 3.05) is 6.61 Å². The third-order valence-corrected chi connectivity index (χ3v) is 15.0. The number of fused-ring (bicyclic) bond motifs is 3. The fraction of sp³-hybridized carbons (Fsp3) is 0.943. The predicted octanol–water partition coefficient (Wildman–Crippen LogP) is 3.03. The van der Waals surface area contributed by atoms with Crippen LogP contribution >= 0.6 is 0 Å². The van der Waals surface area contributed by atoms with E-state index in [0.717, 1.165) is 38.5 Å². The maximum Gasteiger partial charge on any atom is 0.186 e. The minimum absolute atomic E-state index is 0.0638. The second-order valence-electron chi connectivity index (χ2n) is 17.6. The van der Waals surface area contributed by atoms with E-state index in [1.54, 1.807) is 13.8 Å². The molecule has 2 spiro atoms. The van der Waals surface area contributed by atoms with Crippen LogP contribution in [0.1, 0.15) is 99.8 Å². The second-order valence-corrected chi connectivity index (χ2v) is 17.6. The van der Waals surface area contributed by atoms with Crippen LogP contribution in [0.4, 0.5) is 0 Å². The monoisotopic (exact) mass is 620 g/mol. The zero-order chi connectivity index (χ0) is 32.0. The second kappa shape index (κ2) is 9.65. The first-order valence-corrected chi connectivity index (χ1v) is 17.2. The van der Waals surface area contributed by atoms with E-state index in [1.165, 1.54) is 12.0 Å². The van der Waals surface area contributed by atoms with Crippen molar-refractivity contribution in [1.82, 2.24) is 0 Å². The van der Waals surface area contributed by atoms with Gasteiger partial charge in [-0.1, -0.05) is 34.6 Å². The number of ether oxygens (including phenoxy) is 3. The van der Waals surface area contributed by atoms with E-state index in [0.29, 0.717) is 24.0 Å². The lowest BCUT2D eigenvalue weighted by molar-refractivity contribution is -0.303. The molecule has 1 unspecified atom stereocenters. The number of aliphatic hydroxyl groups excluding tert-OH is 5. The molecule has 5 aliphatic carbocycles. The van der Waals surface area contributed by atoms with Gasteiger partial charge in [0, 0.05) is 10.8 Å². The van der Waals surface area contributed by atoms with Crippen molar-refractivity contribution in [1.29, 1.82) is 0 Å². The summed E-state index contributed by atoms with van der Waals surface area (Å²) in [6, 6.07) is 0. The van der Waals surface area contributed by atoms with E-state index in [4.69, 9.17) is 14.2 Å². The maximum atomic E-state index is 12.3. The Morgan fingerprint density at radius 3 is 2.25 bits per heavy atom. The number of allylic oxidation sites excluding steroid dienone is 1. The van der Waals surface area contributed by atoms with Crippen molar-refractivity contribution in [3.05, 3.63) is 11.3 Å². The lowest BCUT2D eigenvalue weighted by Gasteiger charge is -2.63. The molecule has 1 saturated heterocycles. The topological polar surface area (TPSA) is 149 Å². The molecule has 7 aliphatic rings. The Labute approximate surface area is 262 Å². The molecule has 44 heavy (non-hydrogen) atoms. The summed E-state index contributed by atoms with van der Waals surface area (Å²) in [5.41, 5.74) is -0.502. The van der Waals surface area contributed by atoms with Crippen molar-refractivity contribution in [2.45, 2.75) is 154 Å². The smallest absolute Gasteiger partial charge is 0.186 e. The summed E-state index contributed by atoms with van der Waals surface area (Å²) in [6.45, 7) is 14.6. The quantitative estimate of drug-likeness (QED) is 0.261. The largest absolute Gasteiger partial charge is 0.489 e. The first kappa shape index (κ1) is 31.8. The molecule has 5 fully saturated rings. The molecule has 15 atom stereocenters. The van der Waals surface area contributed by atoms with Crippen LogP contribution in [0.25, 0.3) is 0 Å². The molecule has 4 saturated carbocycles. The molecule has 0 radical (unpaired) electrons. The molecule has 0 aromatic rings.